The van der Waals surface area contributed by atoms with E-state index in [9.17, 15) is 24.0 Å². The summed E-state index contributed by atoms with van der Waals surface area (Å²) in [6.07, 6.45) is -0.125. The van der Waals surface area contributed by atoms with E-state index < -0.39 is 5.97 Å². The van der Waals surface area contributed by atoms with Gasteiger partial charge >= 0.3 is 11.9 Å². The first-order valence-electron chi connectivity index (χ1n) is 23.6. The smallest absolute Gasteiger partial charge is 0.339 e. The Labute approximate surface area is 449 Å². The number of hydrogen-bond acceptors (Lipinski definition) is 21. The van der Waals surface area contributed by atoms with E-state index in [1.54, 1.807) is 143 Å². The second-order valence-electron chi connectivity index (χ2n) is 15.6. The van der Waals surface area contributed by atoms with Crippen LogP contribution in [0.1, 0.15) is 93.3 Å². The van der Waals surface area contributed by atoms with Crippen LogP contribution in [0.2, 0.25) is 0 Å². The molecule has 5 aromatic rings. The molecular weight excluding hydrogens is 979 g/mol. The van der Waals surface area contributed by atoms with Gasteiger partial charge in [-0.05, 0) is 120 Å². The molecule has 3 unspecified atom stereocenters. The minimum atomic E-state index is -0.400. The highest BCUT2D eigenvalue weighted by Gasteiger charge is 2.07. The van der Waals surface area contributed by atoms with E-state index in [-0.39, 0.29) is 48.2 Å². The Hall–Kier alpha value is -7.31. The Morgan fingerprint density at radius 3 is 1.25 bits per heavy atom. The number of ether oxygens (including phenoxy) is 5. The number of esters is 2. The van der Waals surface area contributed by atoms with Gasteiger partial charge in [-0.3, -0.25) is 14.4 Å². The molecule has 0 aliphatic carbocycles. The zero-order valence-electron chi connectivity index (χ0n) is 45.9. The zero-order valence-corrected chi connectivity index (χ0v) is 45.9. The number of ketones is 3. The number of Topliss-reactive ketones (excluding diaryl/α,β-unsaturated/α-hetero) is 3. The van der Waals surface area contributed by atoms with Crippen molar-refractivity contribution < 1.29 is 57.9 Å². The largest absolute Gasteiger partial charge is 0.465 e. The van der Waals surface area contributed by atoms with Crippen LogP contribution >= 0.6 is 0 Å². The number of carbonyl (C=O) groups is 5. The summed E-state index contributed by atoms with van der Waals surface area (Å²) in [6, 6.07) is 34.3. The molecule has 0 radical (unpaired) electrons. The number of hydrogen-bond donors (Lipinski definition) is 11. The minimum absolute atomic E-state index is 0.0121. The SMILES string of the molecule is CC(=O)c1ccc(N)cc1.CC(=O)c1cccc(N)c1.CC(=O)c1ccccc1N.CC(N)CO.CC(O)CN.COC(=O)c1cccc(N)c1.COC(=O)c1ccccc1N.COC(C)CN.COCCOCCN. The number of aliphatic hydroxyl groups excluding tert-OH is 2. The third-order valence-electron chi connectivity index (χ3n) is 8.68. The van der Waals surface area contributed by atoms with Crippen LogP contribution in [-0.2, 0) is 23.7 Å². The number of para-hydroxylation sites is 2. The molecule has 0 bridgehead atoms. The number of methoxy groups -OCH3 is 4. The molecule has 21 nitrogen and oxygen atoms in total. The van der Waals surface area contributed by atoms with Crippen LogP contribution in [0.3, 0.4) is 0 Å². The first-order valence-corrected chi connectivity index (χ1v) is 23.6. The molecule has 0 heterocycles. The van der Waals surface area contributed by atoms with Gasteiger partial charge in [0.2, 0.25) is 0 Å². The summed E-state index contributed by atoms with van der Waals surface area (Å²) in [4.78, 5) is 54.1. The summed E-state index contributed by atoms with van der Waals surface area (Å²) in [7, 11) is 5.96. The summed E-state index contributed by atoms with van der Waals surface area (Å²) in [5.74, 6) is -0.634. The molecule has 76 heavy (non-hydrogen) atoms. The Morgan fingerprint density at radius 1 is 0.513 bits per heavy atom. The molecule has 0 aliphatic heterocycles. The van der Waals surface area contributed by atoms with Crippen LogP contribution in [0.15, 0.2) is 121 Å². The molecule has 0 fully saturated rings. The first-order chi connectivity index (χ1) is 35.9. The summed E-state index contributed by atoms with van der Waals surface area (Å²) >= 11 is 0. The van der Waals surface area contributed by atoms with Crippen LogP contribution in [0, 0.1) is 0 Å². The Kier molecular flexibility index (Phi) is 48.1. The minimum Gasteiger partial charge on any atom is -0.465 e. The average molecular weight is 1070 g/mol. The maximum Gasteiger partial charge on any atom is 0.339 e. The quantitative estimate of drug-likeness (QED) is 0.0309. The van der Waals surface area contributed by atoms with Crippen molar-refractivity contribution in [3.63, 3.8) is 0 Å². The van der Waals surface area contributed by atoms with Crippen molar-refractivity contribution in [2.75, 3.05) is 103 Å². The van der Waals surface area contributed by atoms with Gasteiger partial charge in [0.05, 0.1) is 64.0 Å². The number of rotatable bonds is 14. The molecule has 3 atom stereocenters. The van der Waals surface area contributed by atoms with E-state index >= 15 is 0 Å². The molecule has 21 heteroatoms. The number of aliphatic hydroxyl groups is 2. The second kappa shape index (κ2) is 48.6. The lowest BCUT2D eigenvalue weighted by Crippen LogP contribution is -2.18. The fourth-order valence-corrected chi connectivity index (χ4v) is 4.29. The molecule has 0 aliphatic rings. The van der Waals surface area contributed by atoms with Gasteiger partial charge in [-0.1, -0.05) is 42.5 Å². The number of anilines is 5. The van der Waals surface area contributed by atoms with Crippen molar-refractivity contribution in [2.24, 2.45) is 22.9 Å². The molecule has 20 N–H and O–H groups in total. The Morgan fingerprint density at radius 2 is 0.947 bits per heavy atom. The molecule has 0 saturated carbocycles. The van der Waals surface area contributed by atoms with Crippen molar-refractivity contribution in [2.45, 2.75) is 59.8 Å². The van der Waals surface area contributed by atoms with Gasteiger partial charge < -0.3 is 85.5 Å². The van der Waals surface area contributed by atoms with Crippen LogP contribution < -0.4 is 51.6 Å². The zero-order chi connectivity index (χ0) is 59.0. The van der Waals surface area contributed by atoms with E-state index in [1.807, 2.05) is 13.0 Å². The molecule has 0 aromatic heterocycles. The summed E-state index contributed by atoms with van der Waals surface area (Å²) in [6.45, 7) is 13.5. The van der Waals surface area contributed by atoms with Gasteiger partial charge in [0.15, 0.2) is 17.3 Å². The molecule has 5 rings (SSSR count). The van der Waals surface area contributed by atoms with Crippen molar-refractivity contribution in [3.05, 3.63) is 149 Å². The fourth-order valence-electron chi connectivity index (χ4n) is 4.29. The van der Waals surface area contributed by atoms with E-state index in [4.69, 9.17) is 76.0 Å². The van der Waals surface area contributed by atoms with Crippen molar-refractivity contribution in [3.8, 4) is 0 Å². The van der Waals surface area contributed by atoms with Gasteiger partial charge in [-0.25, -0.2) is 9.59 Å². The van der Waals surface area contributed by atoms with E-state index in [2.05, 4.69) is 9.47 Å². The normalized spacial score (nSPS) is 10.5. The van der Waals surface area contributed by atoms with Crippen molar-refractivity contribution in [1.29, 1.82) is 0 Å². The van der Waals surface area contributed by atoms with Crippen LogP contribution in [0.25, 0.3) is 0 Å². The van der Waals surface area contributed by atoms with E-state index in [1.165, 1.54) is 35.0 Å². The summed E-state index contributed by atoms with van der Waals surface area (Å²) in [5, 5.41) is 16.3. The van der Waals surface area contributed by atoms with Gasteiger partial charge in [-0.15, -0.1) is 0 Å². The maximum atomic E-state index is 10.9. The lowest BCUT2D eigenvalue weighted by Gasteiger charge is -2.01. The average Bonchev–Trinajstić information content (AvgIpc) is 3.41. The van der Waals surface area contributed by atoms with Crippen molar-refractivity contribution in [1.82, 2.24) is 0 Å². The lowest BCUT2D eigenvalue weighted by atomic mass is 10.1. The highest BCUT2D eigenvalue weighted by atomic mass is 16.5. The van der Waals surface area contributed by atoms with Gasteiger partial charge in [0.25, 0.3) is 0 Å². The predicted octanol–water partition coefficient (Wildman–Crippen LogP) is 4.76. The predicted molar refractivity (Wildman–Crippen MR) is 306 cm³/mol. The molecule has 0 spiro atoms. The number of benzene rings is 5. The summed E-state index contributed by atoms with van der Waals surface area (Å²) < 4.78 is 23.5. The van der Waals surface area contributed by atoms with Crippen LogP contribution in [-0.4, -0.2) is 132 Å². The van der Waals surface area contributed by atoms with E-state index in [0.717, 1.165) is 0 Å². The summed E-state index contributed by atoms with van der Waals surface area (Å²) in [5.41, 5.74) is 53.3. The highest BCUT2D eigenvalue weighted by molar-refractivity contribution is 5.99. The standard InChI is InChI=1S/2C8H9NO2.3C8H9NO.C5H13NO2.C4H11NO.2C3H9NO/c1-11-8(10)6-3-2-4-7(9)5-6;1-11-8(10)6-4-2-3-5-7(6)9;1-6(10)7-2-4-8(9)5-3-7;1-6(10)7-3-2-4-8(9)5-7;1-6(10)7-4-2-3-5-8(7)9;1-7-4-5-8-3-2-6;1-4(3-5)6-2;1-3(4)2-5;1-3(5)2-4/h2*2-5H,9H2,1H3;3*2-5H,9H2,1H3;2-6H2,1H3;4H,3,5H2,1-2H3;2*3,5H,2,4H2,1H3. The highest BCUT2D eigenvalue weighted by Crippen LogP contribution is 2.12. The Bertz CT molecular complexity index is 2280. The third-order valence-corrected chi connectivity index (χ3v) is 8.68. The maximum absolute atomic E-state index is 10.9. The monoisotopic (exact) mass is 1070 g/mol. The third kappa shape index (κ3) is 43.1. The molecular formula is C55H87N9O12. The Balaban J connectivity index is -0.000000389. The number of carbonyl (C=O) groups excluding carboxylic acids is 5. The molecule has 424 valence electrons. The number of nitrogen functional groups attached to an aromatic ring is 5. The molecule has 5 aromatic carbocycles. The second-order valence-corrected chi connectivity index (χ2v) is 15.6. The van der Waals surface area contributed by atoms with Crippen LogP contribution in [0.5, 0.6) is 0 Å². The van der Waals surface area contributed by atoms with E-state index in [0.29, 0.717) is 95.7 Å². The number of nitrogens with two attached hydrogens (primary N) is 9. The topological polar surface area (TPSA) is 406 Å². The fraction of sp³-hybridized carbons (Fsp3) is 0.364. The molecule has 0 amide bonds. The van der Waals surface area contributed by atoms with Crippen LogP contribution in [0.4, 0.5) is 28.4 Å². The van der Waals surface area contributed by atoms with Gasteiger partial charge in [-0.2, -0.15) is 0 Å². The van der Waals surface area contributed by atoms with Gasteiger partial charge in [0, 0.05) is 85.0 Å². The first kappa shape index (κ1) is 75.2. The lowest BCUT2D eigenvalue weighted by molar-refractivity contribution is 0.0592. The van der Waals surface area contributed by atoms with Crippen molar-refractivity contribution >= 4 is 57.7 Å². The van der Waals surface area contributed by atoms with Gasteiger partial charge in [0.1, 0.15) is 0 Å². The molecule has 0 saturated heterocycles.